The Kier molecular flexibility index (Phi) is 5.53. The quantitative estimate of drug-likeness (QED) is 0.596. The number of methoxy groups -OCH3 is 1. The van der Waals surface area contributed by atoms with Gasteiger partial charge in [0, 0.05) is 5.56 Å². The Morgan fingerprint density at radius 2 is 1.92 bits per heavy atom. The minimum absolute atomic E-state index is 0.129. The lowest BCUT2D eigenvalue weighted by molar-refractivity contribution is 0.0519. The SMILES string of the molecule is CCOC(=O)c1coc(-c2ccc(OC)c(OCc3ccccc3)c2)n1. The average molecular weight is 353 g/mol. The zero-order valence-electron chi connectivity index (χ0n) is 14.6. The molecular weight excluding hydrogens is 334 g/mol. The van der Waals surface area contributed by atoms with Crippen LogP contribution in [0.1, 0.15) is 23.0 Å². The molecule has 1 aromatic heterocycles. The van der Waals surface area contributed by atoms with Crippen LogP contribution in [0.4, 0.5) is 0 Å². The first-order valence-electron chi connectivity index (χ1n) is 8.19. The number of hydrogen-bond donors (Lipinski definition) is 0. The number of esters is 1. The molecule has 134 valence electrons. The molecule has 3 rings (SSSR count). The lowest BCUT2D eigenvalue weighted by Gasteiger charge is -2.11. The summed E-state index contributed by atoms with van der Waals surface area (Å²) in [5.41, 5.74) is 1.84. The van der Waals surface area contributed by atoms with Crippen molar-refractivity contribution in [3.05, 3.63) is 66.1 Å². The van der Waals surface area contributed by atoms with E-state index in [2.05, 4.69) is 4.98 Å². The minimum Gasteiger partial charge on any atom is -0.493 e. The molecule has 0 N–H and O–H groups in total. The van der Waals surface area contributed by atoms with E-state index in [9.17, 15) is 4.79 Å². The average Bonchev–Trinajstić information content (AvgIpc) is 3.17. The van der Waals surface area contributed by atoms with Crippen LogP contribution in [0.3, 0.4) is 0 Å². The first kappa shape index (κ1) is 17.5. The lowest BCUT2D eigenvalue weighted by Crippen LogP contribution is -2.04. The van der Waals surface area contributed by atoms with Crippen molar-refractivity contribution in [3.8, 4) is 23.0 Å². The highest BCUT2D eigenvalue weighted by molar-refractivity contribution is 5.87. The van der Waals surface area contributed by atoms with E-state index in [0.29, 0.717) is 29.6 Å². The van der Waals surface area contributed by atoms with Crippen LogP contribution in [0.2, 0.25) is 0 Å². The molecule has 1 heterocycles. The van der Waals surface area contributed by atoms with Crippen molar-refractivity contribution in [1.82, 2.24) is 4.98 Å². The third kappa shape index (κ3) is 4.03. The van der Waals surface area contributed by atoms with E-state index in [1.54, 1.807) is 32.2 Å². The Balaban J connectivity index is 1.82. The number of benzene rings is 2. The number of hydrogen-bond acceptors (Lipinski definition) is 6. The Morgan fingerprint density at radius 1 is 1.12 bits per heavy atom. The van der Waals surface area contributed by atoms with Gasteiger partial charge < -0.3 is 18.6 Å². The summed E-state index contributed by atoms with van der Waals surface area (Å²) in [5.74, 6) is 0.948. The van der Waals surface area contributed by atoms with Gasteiger partial charge in [0.15, 0.2) is 17.2 Å². The van der Waals surface area contributed by atoms with Crippen LogP contribution in [0.25, 0.3) is 11.5 Å². The van der Waals surface area contributed by atoms with Crippen LogP contribution in [-0.4, -0.2) is 24.7 Å². The predicted octanol–water partition coefficient (Wildman–Crippen LogP) is 4.11. The Morgan fingerprint density at radius 3 is 2.65 bits per heavy atom. The summed E-state index contributed by atoms with van der Waals surface area (Å²) in [6.07, 6.45) is 1.28. The van der Waals surface area contributed by atoms with Crippen molar-refractivity contribution in [2.24, 2.45) is 0 Å². The molecule has 6 nitrogen and oxygen atoms in total. The Hall–Kier alpha value is -3.28. The molecule has 0 amide bonds. The first-order valence-corrected chi connectivity index (χ1v) is 8.19. The number of oxazole rings is 1. The van der Waals surface area contributed by atoms with Crippen LogP contribution < -0.4 is 9.47 Å². The molecule has 0 aliphatic heterocycles. The van der Waals surface area contributed by atoms with E-state index >= 15 is 0 Å². The second-order valence-corrected chi connectivity index (χ2v) is 5.40. The molecule has 0 aliphatic rings. The molecular formula is C20H19NO5. The standard InChI is InChI=1S/C20H19NO5/c1-3-24-20(22)16-13-26-19(21-16)15-9-10-17(23-2)18(11-15)25-12-14-7-5-4-6-8-14/h4-11,13H,3,12H2,1-2H3. The minimum atomic E-state index is -0.517. The van der Waals surface area contributed by atoms with Crippen molar-refractivity contribution in [2.45, 2.75) is 13.5 Å². The lowest BCUT2D eigenvalue weighted by atomic mass is 10.2. The predicted molar refractivity (Wildman–Crippen MR) is 95.2 cm³/mol. The topological polar surface area (TPSA) is 70.8 Å². The van der Waals surface area contributed by atoms with Crippen LogP contribution in [0.5, 0.6) is 11.5 Å². The number of aromatic nitrogens is 1. The van der Waals surface area contributed by atoms with E-state index in [4.69, 9.17) is 18.6 Å². The summed E-state index contributed by atoms with van der Waals surface area (Å²) >= 11 is 0. The smallest absolute Gasteiger partial charge is 0.360 e. The first-order chi connectivity index (χ1) is 12.7. The number of carbonyl (C=O) groups excluding carboxylic acids is 1. The molecule has 0 atom stereocenters. The number of carbonyl (C=O) groups is 1. The van der Waals surface area contributed by atoms with E-state index in [-0.39, 0.29) is 12.3 Å². The van der Waals surface area contributed by atoms with Crippen molar-refractivity contribution in [1.29, 1.82) is 0 Å². The highest BCUT2D eigenvalue weighted by Gasteiger charge is 2.16. The maximum absolute atomic E-state index is 11.7. The highest BCUT2D eigenvalue weighted by Crippen LogP contribution is 2.33. The largest absolute Gasteiger partial charge is 0.493 e. The summed E-state index contributed by atoms with van der Waals surface area (Å²) in [6, 6.07) is 15.1. The zero-order chi connectivity index (χ0) is 18.4. The molecule has 0 bridgehead atoms. The molecule has 0 saturated carbocycles. The molecule has 0 saturated heterocycles. The van der Waals surface area contributed by atoms with Gasteiger partial charge in [0.2, 0.25) is 5.89 Å². The maximum atomic E-state index is 11.7. The zero-order valence-corrected chi connectivity index (χ0v) is 14.6. The van der Waals surface area contributed by atoms with Gasteiger partial charge >= 0.3 is 5.97 Å². The van der Waals surface area contributed by atoms with E-state index in [1.807, 2.05) is 30.3 Å². The van der Waals surface area contributed by atoms with Crippen molar-refractivity contribution in [3.63, 3.8) is 0 Å². The summed E-state index contributed by atoms with van der Waals surface area (Å²) in [7, 11) is 1.58. The van der Waals surface area contributed by atoms with Crippen LogP contribution in [0.15, 0.2) is 59.2 Å². The molecule has 0 unspecified atom stereocenters. The molecule has 0 spiro atoms. The molecule has 0 aliphatic carbocycles. The van der Waals surface area contributed by atoms with E-state index in [0.717, 1.165) is 5.56 Å². The molecule has 0 radical (unpaired) electrons. The molecule has 3 aromatic rings. The van der Waals surface area contributed by atoms with Gasteiger partial charge in [-0.3, -0.25) is 0 Å². The maximum Gasteiger partial charge on any atom is 0.360 e. The third-order valence-electron chi connectivity index (χ3n) is 3.64. The van der Waals surface area contributed by atoms with Gasteiger partial charge in [-0.05, 0) is 30.7 Å². The van der Waals surface area contributed by atoms with Crippen molar-refractivity contribution in [2.75, 3.05) is 13.7 Å². The molecule has 0 fully saturated rings. The fourth-order valence-corrected chi connectivity index (χ4v) is 2.36. The Bertz CT molecular complexity index is 873. The molecule has 6 heteroatoms. The van der Waals surface area contributed by atoms with Gasteiger partial charge in [0.1, 0.15) is 12.9 Å². The van der Waals surface area contributed by atoms with Gasteiger partial charge in [-0.2, -0.15) is 0 Å². The second kappa shape index (κ2) is 8.20. The summed E-state index contributed by atoms with van der Waals surface area (Å²) in [5, 5.41) is 0. The van der Waals surface area contributed by atoms with Gasteiger partial charge in [0.05, 0.1) is 13.7 Å². The summed E-state index contributed by atoms with van der Waals surface area (Å²) in [4.78, 5) is 15.9. The normalized spacial score (nSPS) is 10.4. The van der Waals surface area contributed by atoms with Crippen LogP contribution >= 0.6 is 0 Å². The third-order valence-corrected chi connectivity index (χ3v) is 3.64. The number of ether oxygens (including phenoxy) is 3. The fraction of sp³-hybridized carbons (Fsp3) is 0.200. The number of nitrogens with zero attached hydrogens (tertiary/aromatic N) is 1. The van der Waals surface area contributed by atoms with E-state index in [1.165, 1.54) is 6.26 Å². The molecule has 26 heavy (non-hydrogen) atoms. The van der Waals surface area contributed by atoms with Crippen molar-refractivity contribution >= 4 is 5.97 Å². The second-order valence-electron chi connectivity index (χ2n) is 5.40. The van der Waals surface area contributed by atoms with Gasteiger partial charge in [-0.25, -0.2) is 9.78 Å². The Labute approximate surface area is 151 Å². The van der Waals surface area contributed by atoms with E-state index < -0.39 is 5.97 Å². The fourth-order valence-electron chi connectivity index (χ4n) is 2.36. The van der Waals surface area contributed by atoms with Gasteiger partial charge in [0.25, 0.3) is 0 Å². The summed E-state index contributed by atoms with van der Waals surface area (Å²) in [6.45, 7) is 2.42. The van der Waals surface area contributed by atoms with Crippen LogP contribution in [-0.2, 0) is 11.3 Å². The van der Waals surface area contributed by atoms with Gasteiger partial charge in [-0.1, -0.05) is 30.3 Å². The van der Waals surface area contributed by atoms with Crippen molar-refractivity contribution < 1.29 is 23.4 Å². The number of rotatable bonds is 7. The monoisotopic (exact) mass is 353 g/mol. The van der Waals surface area contributed by atoms with Crippen LogP contribution in [0, 0.1) is 0 Å². The van der Waals surface area contributed by atoms with Gasteiger partial charge in [-0.15, -0.1) is 0 Å². The highest BCUT2D eigenvalue weighted by atomic mass is 16.5. The summed E-state index contributed by atoms with van der Waals surface area (Å²) < 4.78 is 21.6. The molecule has 2 aromatic carbocycles.